The molecule has 1 fully saturated rings. The molecule has 1 N–H and O–H groups in total. The molecule has 0 aromatic heterocycles. The molecule has 3 nitrogen and oxygen atoms in total. The van der Waals surface area contributed by atoms with Crippen LogP contribution in [0.4, 0.5) is 0 Å². The lowest BCUT2D eigenvalue weighted by atomic mass is 10.2. The molecule has 0 aromatic carbocycles. The summed E-state index contributed by atoms with van der Waals surface area (Å²) in [6.07, 6.45) is -0.295. The molecular formula is C7H15NO2S. The van der Waals surface area contributed by atoms with Crippen molar-refractivity contribution in [2.75, 3.05) is 13.1 Å². The molecule has 0 spiro atoms. The average Bonchev–Trinajstić information content (AvgIpc) is 1.80. The summed E-state index contributed by atoms with van der Waals surface area (Å²) in [5.74, 6) is 3.67. The highest BCUT2D eigenvalue weighted by molar-refractivity contribution is 7.98. The lowest BCUT2D eigenvalue weighted by Gasteiger charge is -2.39. The van der Waals surface area contributed by atoms with Crippen molar-refractivity contribution < 1.29 is 9.32 Å². The van der Waals surface area contributed by atoms with Gasteiger partial charge in [0.05, 0.1) is 6.10 Å². The van der Waals surface area contributed by atoms with E-state index in [1.807, 2.05) is 13.8 Å². The molecule has 1 heterocycles. The molecule has 1 atom stereocenters. The van der Waals surface area contributed by atoms with Gasteiger partial charge in [0.15, 0.2) is 0 Å². The van der Waals surface area contributed by atoms with Crippen molar-refractivity contribution in [1.29, 1.82) is 0 Å². The maximum absolute atomic E-state index is 11.7. The Bertz CT molecular complexity index is 227. The van der Waals surface area contributed by atoms with Crippen molar-refractivity contribution in [2.24, 2.45) is 0 Å². The second kappa shape index (κ2) is 2.77. The minimum Gasteiger partial charge on any atom is -0.390 e. The molecule has 0 saturated carbocycles. The smallest absolute Gasteiger partial charge is 0.0813 e. The Morgan fingerprint density at radius 2 is 2.09 bits per heavy atom. The molecule has 1 saturated heterocycles. The molecule has 0 aliphatic carbocycles. The van der Waals surface area contributed by atoms with Gasteiger partial charge in [-0.1, -0.05) is 13.8 Å². The van der Waals surface area contributed by atoms with Crippen LogP contribution in [0.5, 0.6) is 0 Å². The van der Waals surface area contributed by atoms with Crippen LogP contribution in [-0.4, -0.2) is 43.9 Å². The highest BCUT2D eigenvalue weighted by Gasteiger charge is 2.31. The van der Waals surface area contributed by atoms with Gasteiger partial charge in [0.2, 0.25) is 0 Å². The topological polar surface area (TPSA) is 40.5 Å². The first kappa shape index (κ1) is 9.03. The van der Waals surface area contributed by atoms with Gasteiger partial charge in [-0.05, 0) is 5.87 Å². The van der Waals surface area contributed by atoms with Crippen LogP contribution in [0.1, 0.15) is 13.8 Å². The zero-order valence-electron chi connectivity index (χ0n) is 6.99. The summed E-state index contributed by atoms with van der Waals surface area (Å²) < 4.78 is 13.5. The van der Waals surface area contributed by atoms with E-state index in [0.29, 0.717) is 13.1 Å². The van der Waals surface area contributed by atoms with Gasteiger partial charge in [-0.2, -0.15) is 0 Å². The summed E-state index contributed by atoms with van der Waals surface area (Å²) in [7, 11) is -2.10. The molecule has 1 unspecified atom stereocenters. The van der Waals surface area contributed by atoms with Crippen LogP contribution in [0.3, 0.4) is 0 Å². The first-order chi connectivity index (χ1) is 4.94. The van der Waals surface area contributed by atoms with Crippen LogP contribution < -0.4 is 0 Å². The van der Waals surface area contributed by atoms with Gasteiger partial charge < -0.3 is 5.11 Å². The number of nitrogens with zero attached hydrogens (tertiary/aromatic N) is 1. The Labute approximate surface area is 68.2 Å². The average molecular weight is 177 g/mol. The van der Waals surface area contributed by atoms with Crippen LogP contribution in [0.25, 0.3) is 0 Å². The maximum Gasteiger partial charge on any atom is 0.0813 e. The highest BCUT2D eigenvalue weighted by Crippen LogP contribution is 2.16. The Balaban J connectivity index is 2.62. The summed E-state index contributed by atoms with van der Waals surface area (Å²) in [5.41, 5.74) is 0. The molecule has 0 amide bonds. The molecule has 1 aliphatic heterocycles. The van der Waals surface area contributed by atoms with E-state index in [2.05, 4.69) is 5.87 Å². The van der Waals surface area contributed by atoms with E-state index in [1.165, 1.54) is 0 Å². The molecule has 11 heavy (non-hydrogen) atoms. The van der Waals surface area contributed by atoms with Crippen LogP contribution >= 0.6 is 0 Å². The van der Waals surface area contributed by atoms with Gasteiger partial charge in [-0.25, -0.2) is 4.31 Å². The Hall–Kier alpha value is -0.0600. The maximum atomic E-state index is 11.7. The van der Waals surface area contributed by atoms with Gasteiger partial charge in [0, 0.05) is 28.0 Å². The van der Waals surface area contributed by atoms with Crippen LogP contribution in [0.15, 0.2) is 0 Å². The van der Waals surface area contributed by atoms with Crippen molar-refractivity contribution >= 4 is 15.6 Å². The Morgan fingerprint density at radius 3 is 2.36 bits per heavy atom. The number of hydrogen-bond acceptors (Lipinski definition) is 2. The lowest BCUT2D eigenvalue weighted by molar-refractivity contribution is 0.0574. The number of rotatable bonds is 2. The Morgan fingerprint density at radius 1 is 1.64 bits per heavy atom. The van der Waals surface area contributed by atoms with Crippen molar-refractivity contribution in [2.45, 2.75) is 25.2 Å². The normalized spacial score (nSPS) is 26.5. The molecule has 0 aromatic rings. The predicted molar refractivity (Wildman–Crippen MR) is 48.0 cm³/mol. The zero-order valence-corrected chi connectivity index (χ0v) is 7.80. The summed E-state index contributed by atoms with van der Waals surface area (Å²) in [6, 6.07) is 0. The van der Waals surface area contributed by atoms with E-state index >= 15 is 0 Å². The van der Waals surface area contributed by atoms with Crippen molar-refractivity contribution in [1.82, 2.24) is 4.31 Å². The fraction of sp³-hybridized carbons (Fsp3) is 0.857. The van der Waals surface area contributed by atoms with E-state index in [0.717, 1.165) is 0 Å². The van der Waals surface area contributed by atoms with Crippen LogP contribution in [0, 0.1) is 0 Å². The molecule has 1 rings (SSSR count). The summed E-state index contributed by atoms with van der Waals surface area (Å²) in [6.45, 7) is 4.81. The van der Waals surface area contributed by atoms with E-state index in [-0.39, 0.29) is 11.4 Å². The second-order valence-electron chi connectivity index (χ2n) is 3.24. The van der Waals surface area contributed by atoms with Gasteiger partial charge in [0.1, 0.15) is 0 Å². The fourth-order valence-corrected chi connectivity index (χ4v) is 2.41. The minimum absolute atomic E-state index is 0.0648. The number of aliphatic hydroxyl groups is 1. The minimum atomic E-state index is -2.10. The van der Waals surface area contributed by atoms with Crippen molar-refractivity contribution in [3.63, 3.8) is 0 Å². The monoisotopic (exact) mass is 177 g/mol. The predicted octanol–water partition coefficient (Wildman–Crippen LogP) is -0.297. The van der Waals surface area contributed by atoms with Crippen molar-refractivity contribution in [3.05, 3.63) is 0 Å². The van der Waals surface area contributed by atoms with Gasteiger partial charge in [0.25, 0.3) is 0 Å². The highest BCUT2D eigenvalue weighted by atomic mass is 32.2. The lowest BCUT2D eigenvalue weighted by Crippen LogP contribution is -2.55. The molecule has 1 aliphatic rings. The SMILES string of the molecule is C=S(=O)(C(C)C)N1CC(O)C1. The van der Waals surface area contributed by atoms with Gasteiger partial charge in [-0.15, -0.1) is 0 Å². The molecule has 4 heteroatoms. The molecular weight excluding hydrogens is 162 g/mol. The van der Waals surface area contributed by atoms with Crippen LogP contribution in [-0.2, 0) is 9.71 Å². The molecule has 0 radical (unpaired) electrons. The van der Waals surface area contributed by atoms with Gasteiger partial charge in [-0.3, -0.25) is 4.21 Å². The molecule has 0 bridgehead atoms. The van der Waals surface area contributed by atoms with E-state index < -0.39 is 9.71 Å². The first-order valence-electron chi connectivity index (χ1n) is 3.74. The Kier molecular flexibility index (Phi) is 2.27. The summed E-state index contributed by atoms with van der Waals surface area (Å²) in [4.78, 5) is 0. The molecule has 66 valence electrons. The zero-order chi connectivity index (χ0) is 8.65. The largest absolute Gasteiger partial charge is 0.390 e. The third kappa shape index (κ3) is 1.58. The number of aliphatic hydroxyl groups excluding tert-OH is 1. The van der Waals surface area contributed by atoms with E-state index in [9.17, 15) is 4.21 Å². The first-order valence-corrected chi connectivity index (χ1v) is 5.48. The van der Waals surface area contributed by atoms with Gasteiger partial charge >= 0.3 is 0 Å². The third-order valence-corrected chi connectivity index (χ3v) is 4.65. The van der Waals surface area contributed by atoms with Crippen LogP contribution in [0.2, 0.25) is 0 Å². The third-order valence-electron chi connectivity index (χ3n) is 2.00. The number of β-amino-alcohol motifs (C(OH)–C–C–N with tert-alkyl or cyclic N) is 1. The van der Waals surface area contributed by atoms with E-state index in [1.54, 1.807) is 4.31 Å². The fourth-order valence-electron chi connectivity index (χ4n) is 0.967. The summed E-state index contributed by atoms with van der Waals surface area (Å²) in [5, 5.41) is 9.03. The van der Waals surface area contributed by atoms with Crippen molar-refractivity contribution in [3.8, 4) is 0 Å². The van der Waals surface area contributed by atoms with E-state index in [4.69, 9.17) is 5.11 Å². The second-order valence-corrected chi connectivity index (χ2v) is 6.08. The number of hydrogen-bond donors (Lipinski definition) is 1. The standard InChI is InChI=1S/C7H15NO2S/c1-6(2)11(3,10)8-4-7(9)5-8/h6-7,9H,3-5H2,1-2H3. The quantitative estimate of drug-likeness (QED) is 0.588. The summed E-state index contributed by atoms with van der Waals surface area (Å²) >= 11 is 0.